The van der Waals surface area contributed by atoms with Crippen LogP contribution in [0, 0.1) is 0 Å². The maximum Gasteiger partial charge on any atom is 0.339 e. The second-order valence-electron chi connectivity index (χ2n) is 3.96. The van der Waals surface area contributed by atoms with E-state index in [2.05, 4.69) is 4.74 Å². The number of nitrogens with two attached hydrogens (primary N) is 1. The lowest BCUT2D eigenvalue weighted by Gasteiger charge is -2.18. The van der Waals surface area contributed by atoms with Crippen molar-refractivity contribution in [3.05, 3.63) is 29.8 Å². The van der Waals surface area contributed by atoms with E-state index in [4.69, 9.17) is 5.73 Å². The topological polar surface area (TPSA) is 89.7 Å². The van der Waals surface area contributed by atoms with E-state index in [1.54, 1.807) is 12.1 Å². The van der Waals surface area contributed by atoms with Crippen molar-refractivity contribution in [3.63, 3.8) is 0 Å². The molecule has 1 aromatic carbocycles. The standard InChI is InChI=1S/C12H18N2O4S/c1-14(9-5-8-13)19(16,17)11-7-4-3-6-10(11)12(15)18-2/h3-4,6-7H,5,8-9,13H2,1-2H3. The Morgan fingerprint density at radius 2 is 2.00 bits per heavy atom. The first-order valence-corrected chi connectivity index (χ1v) is 7.23. The van der Waals surface area contributed by atoms with Crippen molar-refractivity contribution < 1.29 is 17.9 Å². The van der Waals surface area contributed by atoms with Crippen LogP contribution in [-0.4, -0.2) is 45.9 Å². The number of hydrogen-bond acceptors (Lipinski definition) is 5. The minimum Gasteiger partial charge on any atom is -0.465 e. The van der Waals surface area contributed by atoms with Crippen molar-refractivity contribution >= 4 is 16.0 Å². The number of esters is 1. The van der Waals surface area contributed by atoms with Crippen LogP contribution in [0.25, 0.3) is 0 Å². The number of benzene rings is 1. The van der Waals surface area contributed by atoms with Crippen LogP contribution in [0.15, 0.2) is 29.2 Å². The molecule has 0 atom stereocenters. The SMILES string of the molecule is COC(=O)c1ccccc1S(=O)(=O)N(C)CCCN. The third kappa shape index (κ3) is 3.52. The van der Waals surface area contributed by atoms with Gasteiger partial charge in [-0.3, -0.25) is 0 Å². The van der Waals surface area contributed by atoms with Gasteiger partial charge in [0.2, 0.25) is 10.0 Å². The van der Waals surface area contributed by atoms with E-state index in [0.717, 1.165) is 0 Å². The van der Waals surface area contributed by atoms with Crippen molar-refractivity contribution in [2.75, 3.05) is 27.2 Å². The number of hydrogen-bond donors (Lipinski definition) is 1. The summed E-state index contributed by atoms with van der Waals surface area (Å²) in [5.41, 5.74) is 5.39. The maximum absolute atomic E-state index is 12.4. The summed E-state index contributed by atoms with van der Waals surface area (Å²) in [7, 11) is -1.05. The van der Waals surface area contributed by atoms with Crippen LogP contribution in [0.1, 0.15) is 16.8 Å². The van der Waals surface area contributed by atoms with Crippen LogP contribution >= 0.6 is 0 Å². The highest BCUT2D eigenvalue weighted by atomic mass is 32.2. The summed E-state index contributed by atoms with van der Waals surface area (Å²) in [6, 6.07) is 5.97. The predicted molar refractivity (Wildman–Crippen MR) is 71.3 cm³/mol. The molecular formula is C12H18N2O4S. The Kier molecular flexibility index (Phi) is 5.46. The van der Waals surface area contributed by atoms with Gasteiger partial charge in [-0.2, -0.15) is 0 Å². The van der Waals surface area contributed by atoms with Gasteiger partial charge in [-0.25, -0.2) is 17.5 Å². The van der Waals surface area contributed by atoms with Gasteiger partial charge in [-0.05, 0) is 25.1 Å². The van der Waals surface area contributed by atoms with Crippen LogP contribution in [0.5, 0.6) is 0 Å². The second kappa shape index (κ2) is 6.65. The molecule has 0 amide bonds. The molecule has 0 radical (unpaired) electrons. The Bertz CT molecular complexity index is 542. The molecule has 106 valence electrons. The van der Waals surface area contributed by atoms with Crippen LogP contribution in [-0.2, 0) is 14.8 Å². The fraction of sp³-hybridized carbons (Fsp3) is 0.417. The minimum absolute atomic E-state index is 0.0320. The first kappa shape index (κ1) is 15.6. The van der Waals surface area contributed by atoms with E-state index in [-0.39, 0.29) is 10.5 Å². The molecule has 2 N–H and O–H groups in total. The number of rotatable bonds is 6. The monoisotopic (exact) mass is 286 g/mol. The summed E-state index contributed by atoms with van der Waals surface area (Å²) >= 11 is 0. The zero-order valence-corrected chi connectivity index (χ0v) is 11.8. The highest BCUT2D eigenvalue weighted by Crippen LogP contribution is 2.20. The Balaban J connectivity index is 3.18. The highest BCUT2D eigenvalue weighted by molar-refractivity contribution is 7.89. The summed E-state index contributed by atoms with van der Waals surface area (Å²) in [6.45, 7) is 0.701. The molecule has 0 aromatic heterocycles. The molecule has 1 rings (SSSR count). The summed E-state index contributed by atoms with van der Waals surface area (Å²) in [6.07, 6.45) is 0.552. The van der Waals surface area contributed by atoms with Crippen LogP contribution in [0.3, 0.4) is 0 Å². The van der Waals surface area contributed by atoms with E-state index in [1.165, 1.54) is 30.6 Å². The van der Waals surface area contributed by atoms with Crippen molar-refractivity contribution in [2.24, 2.45) is 5.73 Å². The molecule has 0 aliphatic rings. The molecule has 0 saturated carbocycles. The van der Waals surface area contributed by atoms with Gasteiger partial charge in [0.15, 0.2) is 0 Å². The highest BCUT2D eigenvalue weighted by Gasteiger charge is 2.26. The van der Waals surface area contributed by atoms with Crippen molar-refractivity contribution in [1.29, 1.82) is 0 Å². The third-order valence-corrected chi connectivity index (χ3v) is 4.57. The molecule has 0 fully saturated rings. The molecule has 0 saturated heterocycles. The summed E-state index contributed by atoms with van der Waals surface area (Å²) in [5.74, 6) is -0.675. The van der Waals surface area contributed by atoms with Gasteiger partial charge in [-0.1, -0.05) is 12.1 Å². The molecule has 1 aromatic rings. The Morgan fingerprint density at radius 1 is 1.37 bits per heavy atom. The van der Waals surface area contributed by atoms with Crippen LogP contribution in [0.2, 0.25) is 0 Å². The van der Waals surface area contributed by atoms with E-state index >= 15 is 0 Å². The molecule has 7 heteroatoms. The van der Waals surface area contributed by atoms with Gasteiger partial charge < -0.3 is 10.5 Å². The van der Waals surface area contributed by atoms with Crippen molar-refractivity contribution in [3.8, 4) is 0 Å². The second-order valence-corrected chi connectivity index (χ2v) is 5.97. The largest absolute Gasteiger partial charge is 0.465 e. The number of nitrogens with zero attached hydrogens (tertiary/aromatic N) is 1. The number of sulfonamides is 1. The average Bonchev–Trinajstić information content (AvgIpc) is 2.43. The lowest BCUT2D eigenvalue weighted by Crippen LogP contribution is -2.30. The molecule has 19 heavy (non-hydrogen) atoms. The molecular weight excluding hydrogens is 268 g/mol. The zero-order chi connectivity index (χ0) is 14.5. The van der Waals surface area contributed by atoms with Crippen LogP contribution < -0.4 is 5.73 Å². The molecule has 0 bridgehead atoms. The van der Waals surface area contributed by atoms with Crippen molar-refractivity contribution in [1.82, 2.24) is 4.31 Å². The van der Waals surface area contributed by atoms with E-state index in [9.17, 15) is 13.2 Å². The summed E-state index contributed by atoms with van der Waals surface area (Å²) < 4.78 is 30.5. The van der Waals surface area contributed by atoms with Gasteiger partial charge >= 0.3 is 5.97 Å². The molecule has 0 unspecified atom stereocenters. The fourth-order valence-corrected chi connectivity index (χ4v) is 2.96. The van der Waals surface area contributed by atoms with Gasteiger partial charge in [0, 0.05) is 13.6 Å². The van der Waals surface area contributed by atoms with E-state index in [0.29, 0.717) is 19.5 Å². The van der Waals surface area contributed by atoms with Crippen molar-refractivity contribution in [2.45, 2.75) is 11.3 Å². The van der Waals surface area contributed by atoms with Crippen LogP contribution in [0.4, 0.5) is 0 Å². The van der Waals surface area contributed by atoms with Gasteiger partial charge in [0.1, 0.15) is 0 Å². The Hall–Kier alpha value is -1.44. The Morgan fingerprint density at radius 3 is 2.58 bits per heavy atom. The van der Waals surface area contributed by atoms with E-state index in [1.807, 2.05) is 0 Å². The summed E-state index contributed by atoms with van der Waals surface area (Å²) in [4.78, 5) is 11.5. The molecule has 0 heterocycles. The predicted octanol–water partition coefficient (Wildman–Crippen LogP) is 0.443. The summed E-state index contributed by atoms with van der Waals surface area (Å²) in [5, 5.41) is 0. The van der Waals surface area contributed by atoms with Gasteiger partial charge in [0.05, 0.1) is 17.6 Å². The first-order valence-electron chi connectivity index (χ1n) is 5.79. The smallest absolute Gasteiger partial charge is 0.339 e. The lowest BCUT2D eigenvalue weighted by molar-refractivity contribution is 0.0596. The lowest BCUT2D eigenvalue weighted by atomic mass is 10.2. The normalized spacial score (nSPS) is 11.6. The quantitative estimate of drug-likeness (QED) is 0.766. The number of carbonyl (C=O) groups excluding carboxylic acids is 1. The Labute approximate surface area is 113 Å². The van der Waals surface area contributed by atoms with Gasteiger partial charge in [0.25, 0.3) is 0 Å². The minimum atomic E-state index is -3.72. The first-order chi connectivity index (χ1) is 8.95. The number of ether oxygens (including phenoxy) is 1. The van der Waals surface area contributed by atoms with E-state index < -0.39 is 16.0 Å². The number of methoxy groups -OCH3 is 1. The zero-order valence-electron chi connectivity index (χ0n) is 11.0. The maximum atomic E-state index is 12.4. The fourth-order valence-electron chi connectivity index (χ4n) is 1.57. The molecule has 0 spiro atoms. The third-order valence-electron chi connectivity index (χ3n) is 2.66. The molecule has 6 nitrogen and oxygen atoms in total. The average molecular weight is 286 g/mol. The molecule has 0 aliphatic heterocycles. The molecule has 0 aliphatic carbocycles. The number of carbonyl (C=O) groups is 1. The van der Waals surface area contributed by atoms with Gasteiger partial charge in [-0.15, -0.1) is 0 Å².